The molecule has 0 amide bonds. The van der Waals surface area contributed by atoms with Gasteiger partial charge in [-0.1, -0.05) is 54.6 Å². The van der Waals surface area contributed by atoms with E-state index in [2.05, 4.69) is 60.7 Å². The van der Waals surface area contributed by atoms with Crippen LogP contribution in [0.5, 0.6) is 0 Å². The van der Waals surface area contributed by atoms with Crippen molar-refractivity contribution in [3.8, 4) is 11.1 Å². The molecule has 0 saturated carbocycles. The van der Waals surface area contributed by atoms with E-state index >= 15 is 0 Å². The van der Waals surface area contributed by atoms with Gasteiger partial charge in [0.1, 0.15) is 0 Å². The molecular formula is C20H10S. The number of rotatable bonds is 0. The standard InChI is InChI=1S/C20H10S/c1-2-6-15-11(5-1)12-7-3-8-13-14-9-4-10-16-18(14)19(17(12)13)20(15)21-16/h1-10H. The molecular weight excluding hydrogens is 272 g/mol. The Morgan fingerprint density at radius 3 is 2.14 bits per heavy atom. The fraction of sp³-hybridized carbons (Fsp3) is 0. The van der Waals surface area contributed by atoms with E-state index in [1.165, 1.54) is 52.8 Å². The molecule has 0 unspecified atom stereocenters. The van der Waals surface area contributed by atoms with E-state index in [1.807, 2.05) is 11.3 Å². The Morgan fingerprint density at radius 1 is 0.524 bits per heavy atom. The number of hydrogen-bond acceptors (Lipinski definition) is 1. The molecule has 1 aliphatic carbocycles. The molecule has 0 radical (unpaired) electrons. The van der Waals surface area contributed by atoms with Crippen molar-refractivity contribution in [1.82, 2.24) is 0 Å². The highest BCUT2D eigenvalue weighted by molar-refractivity contribution is 7.27. The van der Waals surface area contributed by atoms with Gasteiger partial charge in [0, 0.05) is 25.6 Å². The quantitative estimate of drug-likeness (QED) is 0.285. The van der Waals surface area contributed by atoms with Crippen LogP contribution < -0.4 is 0 Å². The molecule has 1 heteroatoms. The van der Waals surface area contributed by atoms with Crippen molar-refractivity contribution in [3.05, 3.63) is 60.7 Å². The van der Waals surface area contributed by atoms with E-state index in [4.69, 9.17) is 0 Å². The lowest BCUT2D eigenvalue weighted by Gasteiger charge is -2.07. The maximum absolute atomic E-state index is 2.27. The van der Waals surface area contributed by atoms with Gasteiger partial charge in [0.15, 0.2) is 0 Å². The Kier molecular flexibility index (Phi) is 1.61. The molecule has 0 saturated heterocycles. The van der Waals surface area contributed by atoms with Gasteiger partial charge in [-0.3, -0.25) is 0 Å². The lowest BCUT2D eigenvalue weighted by molar-refractivity contribution is 1.77. The Morgan fingerprint density at radius 2 is 1.24 bits per heavy atom. The summed E-state index contributed by atoms with van der Waals surface area (Å²) in [5, 5.41) is 8.58. The van der Waals surface area contributed by atoms with Crippen LogP contribution in [-0.2, 0) is 0 Å². The van der Waals surface area contributed by atoms with Crippen LogP contribution in [0.1, 0.15) is 0 Å². The summed E-state index contributed by atoms with van der Waals surface area (Å²) in [7, 11) is 0. The molecule has 0 nitrogen and oxygen atoms in total. The number of thiophene rings is 1. The maximum Gasteiger partial charge on any atom is 0.0440 e. The molecule has 0 N–H and O–H groups in total. The largest absolute Gasteiger partial charge is 0.134 e. The van der Waals surface area contributed by atoms with E-state index < -0.39 is 0 Å². The zero-order chi connectivity index (χ0) is 13.6. The minimum atomic E-state index is 1.38. The molecule has 0 atom stereocenters. The zero-order valence-corrected chi connectivity index (χ0v) is 12.0. The molecule has 21 heavy (non-hydrogen) atoms. The first-order chi connectivity index (χ1) is 10.4. The van der Waals surface area contributed by atoms with E-state index in [0.717, 1.165) is 0 Å². The first kappa shape index (κ1) is 10.4. The van der Waals surface area contributed by atoms with E-state index in [1.54, 1.807) is 0 Å². The summed E-state index contributed by atoms with van der Waals surface area (Å²) in [5.74, 6) is 0. The second-order valence-corrected chi connectivity index (χ2v) is 6.81. The molecule has 5 aromatic rings. The fourth-order valence-corrected chi connectivity index (χ4v) is 5.26. The van der Waals surface area contributed by atoms with Gasteiger partial charge < -0.3 is 0 Å². The third-order valence-electron chi connectivity index (χ3n) is 4.78. The predicted octanol–water partition coefficient (Wildman–Crippen LogP) is 6.34. The van der Waals surface area contributed by atoms with Gasteiger partial charge in [-0.15, -0.1) is 11.3 Å². The van der Waals surface area contributed by atoms with Crippen LogP contribution in [0, 0.1) is 0 Å². The van der Waals surface area contributed by atoms with Crippen LogP contribution in [0.25, 0.3) is 52.8 Å². The molecule has 0 spiro atoms. The van der Waals surface area contributed by atoms with Crippen LogP contribution in [0.3, 0.4) is 0 Å². The van der Waals surface area contributed by atoms with Gasteiger partial charge in [-0.2, -0.15) is 0 Å². The summed E-state index contributed by atoms with van der Waals surface area (Å²) in [4.78, 5) is 0. The normalized spacial score (nSPS) is 12.8. The van der Waals surface area contributed by atoms with Crippen molar-refractivity contribution in [1.29, 1.82) is 0 Å². The number of benzene rings is 4. The van der Waals surface area contributed by atoms with Gasteiger partial charge in [-0.25, -0.2) is 0 Å². The molecule has 4 aromatic carbocycles. The first-order valence-electron chi connectivity index (χ1n) is 7.22. The van der Waals surface area contributed by atoms with Gasteiger partial charge in [0.25, 0.3) is 0 Å². The summed E-state index contributed by atoms with van der Waals surface area (Å²) in [6, 6.07) is 22.3. The average molecular weight is 282 g/mol. The molecule has 1 aliphatic rings. The topological polar surface area (TPSA) is 0 Å². The molecule has 0 aliphatic heterocycles. The Bertz CT molecular complexity index is 1220. The second-order valence-electron chi connectivity index (χ2n) is 5.76. The second kappa shape index (κ2) is 3.26. The van der Waals surface area contributed by atoms with E-state index in [0.29, 0.717) is 0 Å². The smallest absolute Gasteiger partial charge is 0.0440 e. The summed E-state index contributed by atoms with van der Waals surface area (Å²) in [5.41, 5.74) is 2.82. The SMILES string of the molecule is c1cc2c3c(c1)sc1c4ccccc4c4cccc-2c4c13. The van der Waals surface area contributed by atoms with Crippen molar-refractivity contribution >= 4 is 53.1 Å². The minimum absolute atomic E-state index is 1.38. The summed E-state index contributed by atoms with van der Waals surface area (Å²) >= 11 is 1.94. The summed E-state index contributed by atoms with van der Waals surface area (Å²) in [6.07, 6.45) is 0. The van der Waals surface area contributed by atoms with Gasteiger partial charge >= 0.3 is 0 Å². The molecule has 0 bridgehead atoms. The zero-order valence-electron chi connectivity index (χ0n) is 11.2. The molecule has 0 fully saturated rings. The maximum atomic E-state index is 2.27. The average Bonchev–Trinajstić information content (AvgIpc) is 3.09. The van der Waals surface area contributed by atoms with Crippen LogP contribution in [0.2, 0.25) is 0 Å². The molecule has 1 aromatic heterocycles. The summed E-state index contributed by atoms with van der Waals surface area (Å²) < 4.78 is 2.86. The van der Waals surface area contributed by atoms with Crippen LogP contribution in [0.15, 0.2) is 60.7 Å². The van der Waals surface area contributed by atoms with E-state index in [9.17, 15) is 0 Å². The third-order valence-corrected chi connectivity index (χ3v) is 5.97. The first-order valence-corrected chi connectivity index (χ1v) is 8.04. The van der Waals surface area contributed by atoms with Crippen molar-refractivity contribution in [2.75, 3.05) is 0 Å². The molecule has 96 valence electrons. The van der Waals surface area contributed by atoms with Crippen molar-refractivity contribution in [3.63, 3.8) is 0 Å². The summed E-state index contributed by atoms with van der Waals surface area (Å²) in [6.45, 7) is 0. The highest BCUT2D eigenvalue weighted by atomic mass is 32.1. The lowest BCUT2D eigenvalue weighted by atomic mass is 9.98. The highest BCUT2D eigenvalue weighted by Gasteiger charge is 2.23. The highest BCUT2D eigenvalue weighted by Crippen LogP contribution is 2.53. The third kappa shape index (κ3) is 1.03. The van der Waals surface area contributed by atoms with Gasteiger partial charge in [0.2, 0.25) is 0 Å². The molecule has 1 heterocycles. The van der Waals surface area contributed by atoms with Crippen molar-refractivity contribution in [2.24, 2.45) is 0 Å². The van der Waals surface area contributed by atoms with Crippen molar-refractivity contribution in [2.45, 2.75) is 0 Å². The number of fused-ring (bicyclic) bond motifs is 4. The number of hydrogen-bond donors (Lipinski definition) is 0. The van der Waals surface area contributed by atoms with Crippen LogP contribution >= 0.6 is 11.3 Å². The van der Waals surface area contributed by atoms with Crippen molar-refractivity contribution < 1.29 is 0 Å². The fourth-order valence-electron chi connectivity index (χ4n) is 3.99. The Balaban J connectivity index is 2.17. The lowest BCUT2D eigenvalue weighted by Crippen LogP contribution is -1.80. The predicted molar refractivity (Wildman–Crippen MR) is 93.3 cm³/mol. The minimum Gasteiger partial charge on any atom is -0.134 e. The van der Waals surface area contributed by atoms with E-state index in [-0.39, 0.29) is 0 Å². The molecule has 6 rings (SSSR count). The Hall–Kier alpha value is -2.38. The van der Waals surface area contributed by atoms with Gasteiger partial charge in [-0.05, 0) is 33.4 Å². The van der Waals surface area contributed by atoms with Gasteiger partial charge in [0.05, 0.1) is 0 Å². The van der Waals surface area contributed by atoms with Crippen LogP contribution in [0.4, 0.5) is 0 Å². The monoisotopic (exact) mass is 282 g/mol. The Labute approximate surface area is 125 Å². The van der Waals surface area contributed by atoms with Crippen LogP contribution in [-0.4, -0.2) is 0 Å².